The van der Waals surface area contributed by atoms with Crippen LogP contribution in [0, 0.1) is 35.0 Å². The summed E-state index contributed by atoms with van der Waals surface area (Å²) >= 11 is 0. The number of hydrogen-bond donors (Lipinski definition) is 2. The highest BCUT2D eigenvalue weighted by Gasteiger charge is 2.87. The molecule has 2 N–H and O–H groups in total. The molecule has 8 atom stereocenters. The summed E-state index contributed by atoms with van der Waals surface area (Å²) in [4.78, 5) is 38.1. The minimum absolute atomic E-state index is 0.0319. The lowest BCUT2D eigenvalue weighted by atomic mass is 9.60. The fraction of sp³-hybridized carbons (Fsp3) is 0.667. The molecule has 7 heteroatoms. The average molecular weight is 473 g/mol. The molecule has 186 valence electrons. The molecule has 0 aliphatic heterocycles. The van der Waals surface area contributed by atoms with Crippen molar-refractivity contribution in [1.82, 2.24) is 0 Å². The molecule has 0 bridgehead atoms. The molecule has 2 saturated carbocycles. The van der Waals surface area contributed by atoms with E-state index in [1.54, 1.807) is 20.8 Å². The van der Waals surface area contributed by atoms with Crippen LogP contribution in [0.5, 0.6) is 0 Å². The summed E-state index contributed by atoms with van der Waals surface area (Å²) in [5.74, 6) is -3.58. The molecule has 0 amide bonds. The van der Waals surface area contributed by atoms with E-state index in [0.717, 1.165) is 5.57 Å². The second kappa shape index (κ2) is 7.89. The average Bonchev–Trinajstić information content (AvgIpc) is 3.11. The molecule has 0 aromatic rings. The van der Waals surface area contributed by atoms with E-state index in [1.807, 2.05) is 32.9 Å². The minimum atomic E-state index is -1.44. The molecule has 4 aliphatic carbocycles. The Bertz CT molecular complexity index is 1030. The van der Waals surface area contributed by atoms with E-state index in [2.05, 4.69) is 0 Å². The molecule has 4 rings (SSSR count). The maximum Gasteiger partial charge on any atom is 0.331 e. The molecule has 2 fully saturated rings. The van der Waals surface area contributed by atoms with Crippen molar-refractivity contribution in [3.8, 4) is 0 Å². The van der Waals surface area contributed by atoms with Gasteiger partial charge in [-0.05, 0) is 38.3 Å². The quantitative estimate of drug-likeness (QED) is 0.368. The lowest BCUT2D eigenvalue weighted by molar-refractivity contribution is -0.217. The number of esters is 2. The van der Waals surface area contributed by atoms with Crippen LogP contribution in [0.2, 0.25) is 0 Å². The van der Waals surface area contributed by atoms with E-state index >= 15 is 0 Å². The molecule has 0 heterocycles. The highest BCUT2D eigenvalue weighted by Crippen LogP contribution is 2.76. The molecule has 0 spiro atoms. The monoisotopic (exact) mass is 472 g/mol. The van der Waals surface area contributed by atoms with E-state index < -0.39 is 58.3 Å². The van der Waals surface area contributed by atoms with Gasteiger partial charge in [-0.3, -0.25) is 9.59 Å². The van der Waals surface area contributed by atoms with Crippen molar-refractivity contribution in [3.63, 3.8) is 0 Å². The van der Waals surface area contributed by atoms with Crippen LogP contribution in [0.15, 0.2) is 34.9 Å². The molecular weight excluding hydrogens is 436 g/mol. The van der Waals surface area contributed by atoms with Crippen molar-refractivity contribution in [2.75, 3.05) is 6.61 Å². The Hall–Kier alpha value is -2.25. The molecular formula is C27H36O7. The third-order valence-electron chi connectivity index (χ3n) is 8.85. The van der Waals surface area contributed by atoms with E-state index in [4.69, 9.17) is 9.47 Å². The number of carbonyl (C=O) groups excluding carboxylic acids is 3. The third kappa shape index (κ3) is 3.19. The summed E-state index contributed by atoms with van der Waals surface area (Å²) in [5.41, 5.74) is -1.12. The van der Waals surface area contributed by atoms with Crippen molar-refractivity contribution in [1.29, 1.82) is 0 Å². The van der Waals surface area contributed by atoms with Crippen molar-refractivity contribution in [2.45, 2.75) is 72.2 Å². The highest BCUT2D eigenvalue weighted by atomic mass is 16.6. The molecule has 34 heavy (non-hydrogen) atoms. The number of allylic oxidation sites excluding steroid dienone is 2. The zero-order chi connectivity index (χ0) is 25.4. The number of rotatable bonds is 4. The molecule has 0 aromatic carbocycles. The summed E-state index contributed by atoms with van der Waals surface area (Å²) in [6, 6.07) is 0. The fourth-order valence-corrected chi connectivity index (χ4v) is 7.39. The summed E-state index contributed by atoms with van der Waals surface area (Å²) in [7, 11) is 0. The van der Waals surface area contributed by atoms with Crippen molar-refractivity contribution >= 4 is 17.7 Å². The topological polar surface area (TPSA) is 110 Å². The number of aliphatic hydroxyl groups is 2. The summed E-state index contributed by atoms with van der Waals surface area (Å²) in [6.45, 7) is 12.2. The number of hydrogen-bond acceptors (Lipinski definition) is 7. The zero-order valence-electron chi connectivity index (χ0n) is 21.0. The Morgan fingerprint density at radius 1 is 1.18 bits per heavy atom. The number of ether oxygens (including phenoxy) is 2. The highest BCUT2D eigenvalue weighted by molar-refractivity contribution is 6.00. The van der Waals surface area contributed by atoms with Crippen LogP contribution in [0.25, 0.3) is 0 Å². The van der Waals surface area contributed by atoms with Gasteiger partial charge in [-0.25, -0.2) is 4.79 Å². The normalized spacial score (nSPS) is 41.6. The zero-order valence-corrected chi connectivity index (χ0v) is 21.0. The van der Waals surface area contributed by atoms with Gasteiger partial charge in [-0.15, -0.1) is 0 Å². The maximum atomic E-state index is 13.0. The fourth-order valence-electron chi connectivity index (χ4n) is 7.39. The predicted octanol–water partition coefficient (Wildman–Crippen LogP) is 2.90. The van der Waals surface area contributed by atoms with Gasteiger partial charge in [0, 0.05) is 48.0 Å². The van der Waals surface area contributed by atoms with Gasteiger partial charge in [0.15, 0.2) is 11.4 Å². The van der Waals surface area contributed by atoms with Gasteiger partial charge in [0.25, 0.3) is 0 Å². The number of ketones is 1. The van der Waals surface area contributed by atoms with E-state index in [-0.39, 0.29) is 18.3 Å². The van der Waals surface area contributed by atoms with Crippen LogP contribution in [0.3, 0.4) is 0 Å². The Kier molecular flexibility index (Phi) is 5.77. The Balaban J connectivity index is 1.91. The van der Waals surface area contributed by atoms with Crippen LogP contribution < -0.4 is 0 Å². The number of fused-ring (bicyclic) bond motifs is 5. The molecule has 4 aliphatic rings. The van der Waals surface area contributed by atoms with Crippen molar-refractivity contribution in [2.24, 2.45) is 35.0 Å². The second-order valence-electron chi connectivity index (χ2n) is 11.4. The largest absolute Gasteiger partial charge is 0.455 e. The lowest BCUT2D eigenvalue weighted by Crippen LogP contribution is -2.63. The summed E-state index contributed by atoms with van der Waals surface area (Å²) < 4.78 is 12.0. The van der Waals surface area contributed by atoms with E-state index in [0.29, 0.717) is 17.6 Å². The van der Waals surface area contributed by atoms with Gasteiger partial charge < -0.3 is 19.7 Å². The summed E-state index contributed by atoms with van der Waals surface area (Å²) in [5, 5.41) is 22.6. The van der Waals surface area contributed by atoms with Crippen LogP contribution in [-0.2, 0) is 23.9 Å². The molecule has 0 saturated heterocycles. The van der Waals surface area contributed by atoms with Crippen LogP contribution in [-0.4, -0.2) is 51.8 Å². The number of aliphatic hydroxyl groups excluding tert-OH is 1. The van der Waals surface area contributed by atoms with Crippen LogP contribution in [0.4, 0.5) is 0 Å². The van der Waals surface area contributed by atoms with Crippen molar-refractivity contribution in [3.05, 3.63) is 34.9 Å². The Morgan fingerprint density at radius 2 is 1.82 bits per heavy atom. The Morgan fingerprint density at radius 3 is 2.38 bits per heavy atom. The lowest BCUT2D eigenvalue weighted by Gasteiger charge is -2.52. The second-order valence-corrected chi connectivity index (χ2v) is 11.4. The first-order chi connectivity index (χ1) is 15.7. The maximum absolute atomic E-state index is 13.0. The van der Waals surface area contributed by atoms with E-state index in [1.165, 1.54) is 13.0 Å². The molecule has 7 nitrogen and oxygen atoms in total. The molecule has 8 unspecified atom stereocenters. The first kappa shape index (κ1) is 24.9. The standard InChI is InChI=1S/C27H36O7/c1-13(2)8-21(30)33-24-15(4)26(32)19-9-14(3)22(31)18(19)10-17(12-28)11-20(26)23-25(6,7)27(23,24)34-16(5)29/h8-9,11,15,18-20,23-24,28,32H,10,12H2,1-7H3. The molecule has 0 radical (unpaired) electrons. The molecule has 0 aromatic heterocycles. The minimum Gasteiger partial charge on any atom is -0.455 e. The van der Waals surface area contributed by atoms with Gasteiger partial charge >= 0.3 is 11.9 Å². The van der Waals surface area contributed by atoms with Crippen molar-refractivity contribution < 1.29 is 34.1 Å². The van der Waals surface area contributed by atoms with Crippen LogP contribution in [0.1, 0.15) is 54.9 Å². The predicted molar refractivity (Wildman–Crippen MR) is 124 cm³/mol. The van der Waals surface area contributed by atoms with Gasteiger partial charge in [-0.2, -0.15) is 0 Å². The number of Topliss-reactive ketones (excluding diaryl/α,β-unsaturated/α-hetero) is 1. The summed E-state index contributed by atoms with van der Waals surface area (Å²) in [6.07, 6.45) is 4.56. The first-order valence-electron chi connectivity index (χ1n) is 12.0. The smallest absolute Gasteiger partial charge is 0.331 e. The number of carbonyl (C=O) groups is 3. The third-order valence-corrected chi connectivity index (χ3v) is 8.85. The first-order valence-corrected chi connectivity index (χ1v) is 12.0. The van der Waals surface area contributed by atoms with Crippen LogP contribution >= 0.6 is 0 Å². The Labute approximate surface area is 200 Å². The van der Waals surface area contributed by atoms with Gasteiger partial charge in [0.05, 0.1) is 12.2 Å². The SMILES string of the molecule is CC(=O)OC12C(OC(=O)C=C(C)C)C(C)C3(O)C4C=C(C)C(=O)C4CC(CO)=CC3C1C2(C)C. The van der Waals surface area contributed by atoms with Gasteiger partial charge in [0.2, 0.25) is 0 Å². The van der Waals surface area contributed by atoms with Gasteiger partial charge in [0.1, 0.15) is 6.10 Å². The van der Waals surface area contributed by atoms with E-state index in [9.17, 15) is 24.6 Å². The van der Waals surface area contributed by atoms with Gasteiger partial charge in [-0.1, -0.05) is 38.5 Å².